The fourth-order valence-corrected chi connectivity index (χ4v) is 2.51. The van der Waals surface area contributed by atoms with Crippen LogP contribution in [0.15, 0.2) is 59.6 Å². The smallest absolute Gasteiger partial charge is 0.191 e. The van der Waals surface area contributed by atoms with E-state index >= 15 is 0 Å². The SMILES string of the molecule is CN=C(NCc1ccccc1F)NCC(c1ccccc1)N(C)C.I. The Kier molecular flexibility index (Phi) is 9.44. The Morgan fingerprint density at radius 2 is 1.68 bits per heavy atom. The predicted octanol–water partition coefficient (Wildman–Crippen LogP) is 3.41. The Balaban J connectivity index is 0.00000312. The summed E-state index contributed by atoms with van der Waals surface area (Å²) in [4.78, 5) is 6.37. The Morgan fingerprint density at radius 1 is 1.04 bits per heavy atom. The van der Waals surface area contributed by atoms with Gasteiger partial charge >= 0.3 is 0 Å². The monoisotopic (exact) mass is 456 g/mol. The molecule has 0 radical (unpaired) electrons. The van der Waals surface area contributed by atoms with E-state index in [0.717, 1.165) is 0 Å². The van der Waals surface area contributed by atoms with Crippen LogP contribution in [0.3, 0.4) is 0 Å². The molecule has 0 aliphatic heterocycles. The lowest BCUT2D eigenvalue weighted by molar-refractivity contribution is 0.298. The van der Waals surface area contributed by atoms with E-state index in [1.807, 2.05) is 24.3 Å². The minimum atomic E-state index is -0.212. The highest BCUT2D eigenvalue weighted by Crippen LogP contribution is 2.16. The Morgan fingerprint density at radius 3 is 2.28 bits per heavy atom. The van der Waals surface area contributed by atoms with E-state index in [0.29, 0.717) is 24.6 Å². The van der Waals surface area contributed by atoms with Crippen LogP contribution in [0.2, 0.25) is 0 Å². The first kappa shape index (κ1) is 21.4. The molecule has 0 spiro atoms. The molecule has 2 N–H and O–H groups in total. The number of halogens is 2. The maximum Gasteiger partial charge on any atom is 0.191 e. The summed E-state index contributed by atoms with van der Waals surface area (Å²) >= 11 is 0. The normalized spacial score (nSPS) is 12.4. The molecule has 0 saturated heterocycles. The molecule has 0 aliphatic rings. The Bertz CT molecular complexity index is 661. The van der Waals surface area contributed by atoms with Gasteiger partial charge in [-0.05, 0) is 25.7 Å². The van der Waals surface area contributed by atoms with E-state index in [1.54, 1.807) is 19.2 Å². The predicted molar refractivity (Wildman–Crippen MR) is 113 cm³/mol. The third kappa shape index (κ3) is 6.62. The lowest BCUT2D eigenvalue weighted by atomic mass is 10.1. The number of nitrogens with one attached hydrogen (secondary N) is 2. The van der Waals surface area contributed by atoms with E-state index < -0.39 is 0 Å². The molecule has 0 aromatic heterocycles. The molecule has 0 amide bonds. The molecular weight excluding hydrogens is 430 g/mol. The molecule has 1 atom stereocenters. The summed E-state index contributed by atoms with van der Waals surface area (Å²) < 4.78 is 13.7. The molecule has 25 heavy (non-hydrogen) atoms. The summed E-state index contributed by atoms with van der Waals surface area (Å²) in [5.41, 5.74) is 1.85. The molecule has 0 fully saturated rings. The number of aliphatic imine (C=N–C) groups is 1. The van der Waals surface area contributed by atoms with E-state index in [4.69, 9.17) is 0 Å². The van der Waals surface area contributed by atoms with Crippen molar-refractivity contribution in [1.82, 2.24) is 15.5 Å². The van der Waals surface area contributed by atoms with Crippen LogP contribution in [-0.4, -0.2) is 38.5 Å². The van der Waals surface area contributed by atoms with Gasteiger partial charge in [0.15, 0.2) is 5.96 Å². The minimum absolute atomic E-state index is 0. The van der Waals surface area contributed by atoms with Crippen molar-refractivity contribution >= 4 is 29.9 Å². The van der Waals surface area contributed by atoms with Crippen LogP contribution in [0, 0.1) is 5.82 Å². The summed E-state index contributed by atoms with van der Waals surface area (Å²) in [6.45, 7) is 1.10. The van der Waals surface area contributed by atoms with Gasteiger partial charge in [-0.1, -0.05) is 48.5 Å². The van der Waals surface area contributed by atoms with Crippen molar-refractivity contribution in [2.75, 3.05) is 27.7 Å². The molecule has 2 rings (SSSR count). The van der Waals surface area contributed by atoms with Crippen molar-refractivity contribution in [1.29, 1.82) is 0 Å². The average Bonchev–Trinajstić information content (AvgIpc) is 2.59. The van der Waals surface area contributed by atoms with Crippen LogP contribution in [0.5, 0.6) is 0 Å². The number of nitrogens with zero attached hydrogens (tertiary/aromatic N) is 2. The van der Waals surface area contributed by atoms with Crippen LogP contribution in [0.25, 0.3) is 0 Å². The van der Waals surface area contributed by atoms with Crippen molar-refractivity contribution in [3.63, 3.8) is 0 Å². The summed E-state index contributed by atoms with van der Waals surface area (Å²) in [7, 11) is 5.81. The van der Waals surface area contributed by atoms with Gasteiger partial charge in [0, 0.05) is 25.7 Å². The third-order valence-corrected chi connectivity index (χ3v) is 3.90. The van der Waals surface area contributed by atoms with Gasteiger partial charge in [0.1, 0.15) is 5.82 Å². The topological polar surface area (TPSA) is 39.7 Å². The molecular formula is C19H26FIN4. The zero-order valence-electron chi connectivity index (χ0n) is 14.9. The minimum Gasteiger partial charge on any atom is -0.354 e. The van der Waals surface area contributed by atoms with Crippen LogP contribution in [-0.2, 0) is 6.54 Å². The first-order valence-corrected chi connectivity index (χ1v) is 8.01. The van der Waals surface area contributed by atoms with E-state index in [1.165, 1.54) is 11.6 Å². The van der Waals surface area contributed by atoms with Gasteiger partial charge in [0.05, 0.1) is 6.04 Å². The average molecular weight is 456 g/mol. The first-order chi connectivity index (χ1) is 11.6. The zero-order chi connectivity index (χ0) is 17.4. The van der Waals surface area contributed by atoms with Crippen molar-refractivity contribution < 1.29 is 4.39 Å². The standard InChI is InChI=1S/C19H25FN4.HI/c1-21-19(22-13-16-11-7-8-12-17(16)20)23-14-18(24(2)3)15-9-5-4-6-10-15;/h4-12,18H,13-14H2,1-3H3,(H2,21,22,23);1H. The van der Waals surface area contributed by atoms with Crippen LogP contribution >= 0.6 is 24.0 Å². The van der Waals surface area contributed by atoms with E-state index in [-0.39, 0.29) is 35.8 Å². The highest BCUT2D eigenvalue weighted by molar-refractivity contribution is 14.0. The van der Waals surface area contributed by atoms with Gasteiger partial charge in [0.25, 0.3) is 0 Å². The highest BCUT2D eigenvalue weighted by Gasteiger charge is 2.14. The molecule has 136 valence electrons. The number of likely N-dealkylation sites (N-methyl/N-ethyl adjacent to an activating group) is 1. The lowest BCUT2D eigenvalue weighted by Crippen LogP contribution is -2.41. The number of guanidine groups is 1. The van der Waals surface area contributed by atoms with Crippen molar-refractivity contribution in [2.45, 2.75) is 12.6 Å². The maximum absolute atomic E-state index is 13.7. The van der Waals surface area contributed by atoms with Crippen LogP contribution in [0.1, 0.15) is 17.2 Å². The maximum atomic E-state index is 13.7. The molecule has 0 aliphatic carbocycles. The summed E-state index contributed by atoms with van der Waals surface area (Å²) in [5.74, 6) is 0.442. The second-order valence-electron chi connectivity index (χ2n) is 5.79. The molecule has 2 aromatic carbocycles. The third-order valence-electron chi connectivity index (χ3n) is 3.90. The number of benzene rings is 2. The summed E-state index contributed by atoms with van der Waals surface area (Å²) in [6, 6.07) is 17.3. The van der Waals surface area contributed by atoms with Crippen molar-refractivity contribution in [3.05, 3.63) is 71.5 Å². The van der Waals surface area contributed by atoms with Gasteiger partial charge in [-0.2, -0.15) is 0 Å². The number of rotatable bonds is 6. The molecule has 0 heterocycles. The molecule has 2 aromatic rings. The van der Waals surface area contributed by atoms with Gasteiger partial charge in [0.2, 0.25) is 0 Å². The first-order valence-electron chi connectivity index (χ1n) is 8.01. The molecule has 0 saturated carbocycles. The Labute approximate surface area is 166 Å². The van der Waals surface area contributed by atoms with Gasteiger partial charge < -0.3 is 15.5 Å². The zero-order valence-corrected chi connectivity index (χ0v) is 17.2. The van der Waals surface area contributed by atoms with Crippen molar-refractivity contribution in [2.24, 2.45) is 4.99 Å². The van der Waals surface area contributed by atoms with Crippen LogP contribution < -0.4 is 10.6 Å². The second kappa shape index (κ2) is 11.0. The molecule has 1 unspecified atom stereocenters. The van der Waals surface area contributed by atoms with E-state index in [2.05, 4.69) is 46.8 Å². The lowest BCUT2D eigenvalue weighted by Gasteiger charge is -2.26. The van der Waals surface area contributed by atoms with Gasteiger partial charge in [-0.15, -0.1) is 24.0 Å². The fourth-order valence-electron chi connectivity index (χ4n) is 2.51. The van der Waals surface area contributed by atoms with E-state index in [9.17, 15) is 4.39 Å². The number of hydrogen-bond donors (Lipinski definition) is 2. The number of hydrogen-bond acceptors (Lipinski definition) is 2. The molecule has 4 nitrogen and oxygen atoms in total. The van der Waals surface area contributed by atoms with Crippen LogP contribution in [0.4, 0.5) is 4.39 Å². The quantitative estimate of drug-likeness (QED) is 0.398. The Hall–Kier alpha value is -1.67. The van der Waals surface area contributed by atoms with Crippen molar-refractivity contribution in [3.8, 4) is 0 Å². The second-order valence-corrected chi connectivity index (χ2v) is 5.79. The molecule has 6 heteroatoms. The largest absolute Gasteiger partial charge is 0.354 e. The summed E-state index contributed by atoms with van der Waals surface area (Å²) in [5, 5.41) is 6.47. The highest BCUT2D eigenvalue weighted by atomic mass is 127. The molecule has 0 bridgehead atoms. The summed E-state index contributed by atoms with van der Waals surface area (Å²) in [6.07, 6.45) is 0. The fraction of sp³-hybridized carbons (Fsp3) is 0.316. The van der Waals surface area contributed by atoms with Gasteiger partial charge in [-0.25, -0.2) is 4.39 Å². The van der Waals surface area contributed by atoms with Gasteiger partial charge in [-0.3, -0.25) is 4.99 Å².